The van der Waals surface area contributed by atoms with Gasteiger partial charge in [0.2, 0.25) is 11.8 Å². The number of benzene rings is 2. The third kappa shape index (κ3) is 4.72. The van der Waals surface area contributed by atoms with Crippen molar-refractivity contribution in [3.05, 3.63) is 59.2 Å². The normalized spacial score (nSPS) is 11.2. The summed E-state index contributed by atoms with van der Waals surface area (Å²) in [6, 6.07) is 13.7. The molecule has 0 aromatic heterocycles. The second-order valence-electron chi connectivity index (χ2n) is 7.74. The zero-order chi connectivity index (χ0) is 19.5. The summed E-state index contributed by atoms with van der Waals surface area (Å²) in [4.78, 5) is 26.4. The average Bonchev–Trinajstić information content (AvgIpc) is 2.55. The van der Waals surface area contributed by atoms with Gasteiger partial charge in [-0.15, -0.1) is 0 Å². The van der Waals surface area contributed by atoms with Crippen LogP contribution in [0.15, 0.2) is 42.5 Å². The standard InChI is InChI=1S/C22H28N2O2/c1-15-11-12-16(2)19(13-15)23-21(26)14-24(17(3)25)20-10-8-7-9-18(20)22(4,5)6/h7-13H,14H2,1-6H3,(H,23,26). The molecule has 0 radical (unpaired) electrons. The second-order valence-corrected chi connectivity index (χ2v) is 7.74. The molecule has 0 aliphatic heterocycles. The summed E-state index contributed by atoms with van der Waals surface area (Å²) in [6.45, 7) is 11.7. The molecule has 0 atom stereocenters. The molecule has 0 saturated heterocycles. The molecule has 2 rings (SSSR count). The van der Waals surface area contributed by atoms with Crippen molar-refractivity contribution in [2.75, 3.05) is 16.8 Å². The molecule has 0 spiro atoms. The van der Waals surface area contributed by atoms with E-state index >= 15 is 0 Å². The van der Waals surface area contributed by atoms with Gasteiger partial charge >= 0.3 is 0 Å². The van der Waals surface area contributed by atoms with Gasteiger partial charge in [0.25, 0.3) is 0 Å². The predicted octanol–water partition coefficient (Wildman–Crippen LogP) is 4.59. The van der Waals surface area contributed by atoms with Gasteiger partial charge in [0.05, 0.1) is 0 Å². The van der Waals surface area contributed by atoms with Gasteiger partial charge in [-0.25, -0.2) is 0 Å². The van der Waals surface area contributed by atoms with Crippen molar-refractivity contribution in [2.24, 2.45) is 0 Å². The van der Waals surface area contributed by atoms with Crippen molar-refractivity contribution < 1.29 is 9.59 Å². The molecular formula is C22H28N2O2. The van der Waals surface area contributed by atoms with Gasteiger partial charge in [-0.05, 0) is 48.1 Å². The van der Waals surface area contributed by atoms with Gasteiger partial charge < -0.3 is 10.2 Å². The number of aryl methyl sites for hydroxylation is 2. The average molecular weight is 352 g/mol. The third-order valence-electron chi connectivity index (χ3n) is 4.35. The van der Waals surface area contributed by atoms with Gasteiger partial charge in [0.1, 0.15) is 6.54 Å². The van der Waals surface area contributed by atoms with E-state index in [0.29, 0.717) is 0 Å². The van der Waals surface area contributed by atoms with E-state index in [1.165, 1.54) is 6.92 Å². The summed E-state index contributed by atoms with van der Waals surface area (Å²) in [5.74, 6) is -0.365. The summed E-state index contributed by atoms with van der Waals surface area (Å²) >= 11 is 0. The van der Waals surface area contributed by atoms with Gasteiger partial charge in [-0.2, -0.15) is 0 Å². The Kier molecular flexibility index (Phi) is 5.86. The minimum atomic E-state index is -0.211. The van der Waals surface area contributed by atoms with Crippen LogP contribution in [-0.4, -0.2) is 18.4 Å². The van der Waals surface area contributed by atoms with Gasteiger partial charge in [-0.1, -0.05) is 51.1 Å². The Morgan fingerprint density at radius 3 is 2.31 bits per heavy atom. The smallest absolute Gasteiger partial charge is 0.244 e. The molecule has 0 bridgehead atoms. The number of carbonyl (C=O) groups is 2. The first-order valence-corrected chi connectivity index (χ1v) is 8.84. The fourth-order valence-corrected chi connectivity index (χ4v) is 2.91. The zero-order valence-electron chi connectivity index (χ0n) is 16.5. The fraction of sp³-hybridized carbons (Fsp3) is 0.364. The van der Waals surface area contributed by atoms with Crippen LogP contribution in [-0.2, 0) is 15.0 Å². The number of nitrogens with one attached hydrogen (secondary N) is 1. The SMILES string of the molecule is CC(=O)N(CC(=O)Nc1cc(C)ccc1C)c1ccccc1C(C)(C)C. The highest BCUT2D eigenvalue weighted by molar-refractivity contribution is 6.02. The molecule has 0 aliphatic rings. The number of hydrogen-bond acceptors (Lipinski definition) is 2. The van der Waals surface area contributed by atoms with Crippen molar-refractivity contribution in [3.63, 3.8) is 0 Å². The number of nitrogens with zero attached hydrogens (tertiary/aromatic N) is 1. The first-order chi connectivity index (χ1) is 12.1. The van der Waals surface area contributed by atoms with Crippen LogP contribution >= 0.6 is 0 Å². The lowest BCUT2D eigenvalue weighted by atomic mass is 9.85. The van der Waals surface area contributed by atoms with Crippen molar-refractivity contribution in [3.8, 4) is 0 Å². The summed E-state index contributed by atoms with van der Waals surface area (Å²) in [7, 11) is 0. The van der Waals surface area contributed by atoms with Crippen molar-refractivity contribution in [1.82, 2.24) is 0 Å². The molecule has 2 aromatic carbocycles. The van der Waals surface area contributed by atoms with Crippen LogP contribution in [0.4, 0.5) is 11.4 Å². The van der Waals surface area contributed by atoms with Gasteiger partial charge in [0.15, 0.2) is 0 Å². The largest absolute Gasteiger partial charge is 0.324 e. The van der Waals surface area contributed by atoms with Crippen molar-refractivity contribution in [1.29, 1.82) is 0 Å². The molecule has 0 aliphatic carbocycles. The quantitative estimate of drug-likeness (QED) is 0.875. The molecule has 4 nitrogen and oxygen atoms in total. The van der Waals surface area contributed by atoms with Gasteiger partial charge in [-0.3, -0.25) is 9.59 Å². The minimum absolute atomic E-state index is 0.0180. The summed E-state index contributed by atoms with van der Waals surface area (Å²) < 4.78 is 0. The minimum Gasteiger partial charge on any atom is -0.324 e. The van der Waals surface area contributed by atoms with Crippen LogP contribution in [0.25, 0.3) is 0 Å². The Morgan fingerprint density at radius 2 is 1.69 bits per heavy atom. The van der Waals surface area contributed by atoms with Crippen LogP contribution in [0.2, 0.25) is 0 Å². The molecular weight excluding hydrogens is 324 g/mol. The lowest BCUT2D eigenvalue weighted by Crippen LogP contribution is -2.38. The van der Waals surface area contributed by atoms with E-state index in [0.717, 1.165) is 28.1 Å². The summed E-state index contributed by atoms with van der Waals surface area (Å²) in [5.41, 5.74) is 4.54. The molecule has 2 aromatic rings. The van der Waals surface area contributed by atoms with Crippen LogP contribution in [0.5, 0.6) is 0 Å². The number of hydrogen-bond donors (Lipinski definition) is 1. The maximum Gasteiger partial charge on any atom is 0.244 e. The van der Waals surface area contributed by atoms with E-state index < -0.39 is 0 Å². The molecule has 1 N–H and O–H groups in total. The number of anilines is 2. The number of rotatable bonds is 4. The molecule has 26 heavy (non-hydrogen) atoms. The Labute approximate surface area is 156 Å². The molecule has 0 unspecified atom stereocenters. The monoisotopic (exact) mass is 352 g/mol. The van der Waals surface area contributed by atoms with Crippen LogP contribution in [0, 0.1) is 13.8 Å². The van der Waals surface area contributed by atoms with Crippen LogP contribution in [0.1, 0.15) is 44.4 Å². The topological polar surface area (TPSA) is 49.4 Å². The van der Waals surface area contributed by atoms with E-state index in [1.807, 2.05) is 56.3 Å². The van der Waals surface area contributed by atoms with E-state index in [2.05, 4.69) is 26.1 Å². The Bertz CT molecular complexity index is 819. The Balaban J connectivity index is 2.28. The van der Waals surface area contributed by atoms with Crippen molar-refractivity contribution in [2.45, 2.75) is 47.0 Å². The molecule has 0 heterocycles. The highest BCUT2D eigenvalue weighted by atomic mass is 16.2. The van der Waals surface area contributed by atoms with Crippen molar-refractivity contribution >= 4 is 23.2 Å². The highest BCUT2D eigenvalue weighted by Crippen LogP contribution is 2.32. The lowest BCUT2D eigenvalue weighted by molar-refractivity contribution is -0.120. The number of carbonyl (C=O) groups excluding carboxylic acids is 2. The zero-order valence-corrected chi connectivity index (χ0v) is 16.5. The lowest BCUT2D eigenvalue weighted by Gasteiger charge is -2.29. The molecule has 0 fully saturated rings. The van der Waals surface area contributed by atoms with E-state index in [9.17, 15) is 9.59 Å². The maximum atomic E-state index is 12.6. The van der Waals surface area contributed by atoms with Gasteiger partial charge in [0, 0.05) is 18.3 Å². The Hall–Kier alpha value is -2.62. The van der Waals surface area contributed by atoms with E-state index in [4.69, 9.17) is 0 Å². The first kappa shape index (κ1) is 19.7. The highest BCUT2D eigenvalue weighted by Gasteiger charge is 2.24. The second kappa shape index (κ2) is 7.73. The Morgan fingerprint density at radius 1 is 1.04 bits per heavy atom. The van der Waals surface area contributed by atoms with E-state index in [1.54, 1.807) is 4.90 Å². The molecule has 0 saturated carbocycles. The third-order valence-corrected chi connectivity index (χ3v) is 4.35. The first-order valence-electron chi connectivity index (χ1n) is 8.84. The maximum absolute atomic E-state index is 12.6. The molecule has 2 amide bonds. The predicted molar refractivity (Wildman–Crippen MR) is 108 cm³/mol. The van der Waals surface area contributed by atoms with Crippen LogP contribution < -0.4 is 10.2 Å². The summed E-state index contributed by atoms with van der Waals surface area (Å²) in [6.07, 6.45) is 0. The molecule has 4 heteroatoms. The fourth-order valence-electron chi connectivity index (χ4n) is 2.91. The molecule has 138 valence electrons. The number of amides is 2. The van der Waals surface area contributed by atoms with E-state index in [-0.39, 0.29) is 23.8 Å². The van der Waals surface area contributed by atoms with Crippen LogP contribution in [0.3, 0.4) is 0 Å². The summed E-state index contributed by atoms with van der Waals surface area (Å²) in [5, 5.41) is 2.93. The number of para-hydroxylation sites is 1.